The van der Waals surface area contributed by atoms with Crippen molar-refractivity contribution < 1.29 is 0 Å². The number of aromatic nitrogens is 2. The number of nitrogens with zero attached hydrogens (tertiary/aromatic N) is 3. The predicted molar refractivity (Wildman–Crippen MR) is 80.4 cm³/mol. The fraction of sp³-hybridized carbons (Fsp3) is 0.786. The van der Waals surface area contributed by atoms with Gasteiger partial charge in [-0.05, 0) is 31.8 Å². The maximum atomic E-state index is 6.24. The van der Waals surface area contributed by atoms with Crippen molar-refractivity contribution in [2.24, 2.45) is 13.0 Å². The molecular formula is C14H27N5. The van der Waals surface area contributed by atoms with Crippen LogP contribution in [0.5, 0.6) is 0 Å². The van der Waals surface area contributed by atoms with E-state index in [1.165, 1.54) is 0 Å². The van der Waals surface area contributed by atoms with Crippen molar-refractivity contribution in [1.82, 2.24) is 14.7 Å². The van der Waals surface area contributed by atoms with Crippen LogP contribution in [0.1, 0.15) is 38.8 Å². The number of rotatable bonds is 3. The van der Waals surface area contributed by atoms with Crippen molar-refractivity contribution in [2.45, 2.75) is 39.2 Å². The molecule has 1 aliphatic heterocycles. The van der Waals surface area contributed by atoms with Crippen LogP contribution in [0.3, 0.4) is 0 Å². The van der Waals surface area contributed by atoms with E-state index in [4.69, 9.17) is 5.73 Å². The summed E-state index contributed by atoms with van der Waals surface area (Å²) < 4.78 is 1.88. The van der Waals surface area contributed by atoms with Gasteiger partial charge in [0.25, 0.3) is 0 Å². The summed E-state index contributed by atoms with van der Waals surface area (Å²) in [4.78, 5) is 2.38. The molecule has 2 heterocycles. The maximum Gasteiger partial charge on any atom is 0.148 e. The Balaban J connectivity index is 2.15. The molecule has 0 radical (unpaired) electrons. The number of nitrogens with one attached hydrogen (secondary N) is 1. The van der Waals surface area contributed by atoms with Gasteiger partial charge >= 0.3 is 0 Å². The zero-order valence-corrected chi connectivity index (χ0v) is 12.8. The van der Waals surface area contributed by atoms with Gasteiger partial charge in [0.1, 0.15) is 5.82 Å². The molecule has 0 aliphatic carbocycles. The number of anilines is 2. The molecule has 1 aliphatic rings. The van der Waals surface area contributed by atoms with Gasteiger partial charge in [0.2, 0.25) is 0 Å². The van der Waals surface area contributed by atoms with Crippen molar-refractivity contribution in [3.05, 3.63) is 5.69 Å². The number of nitrogens with two attached hydrogens (primary N) is 1. The smallest absolute Gasteiger partial charge is 0.148 e. The molecule has 108 valence electrons. The number of piperidine rings is 1. The normalized spacial score (nSPS) is 24.9. The second kappa shape index (κ2) is 5.41. The first kappa shape index (κ1) is 14.2. The zero-order valence-electron chi connectivity index (χ0n) is 12.8. The molecule has 0 aromatic carbocycles. The molecular weight excluding hydrogens is 238 g/mol. The molecule has 0 amide bonds. The van der Waals surface area contributed by atoms with Crippen LogP contribution in [0.15, 0.2) is 0 Å². The average molecular weight is 265 g/mol. The summed E-state index contributed by atoms with van der Waals surface area (Å²) in [6.45, 7) is 8.81. The number of likely N-dealkylation sites (tertiary alicyclic amines) is 1. The molecule has 2 atom stereocenters. The van der Waals surface area contributed by atoms with Crippen molar-refractivity contribution in [3.8, 4) is 0 Å². The highest BCUT2D eigenvalue weighted by Crippen LogP contribution is 2.30. The van der Waals surface area contributed by atoms with E-state index >= 15 is 0 Å². The zero-order chi connectivity index (χ0) is 14.2. The number of nitrogen functional groups attached to an aromatic ring is 1. The van der Waals surface area contributed by atoms with E-state index in [1.807, 2.05) is 11.7 Å². The lowest BCUT2D eigenvalue weighted by Gasteiger charge is -2.35. The van der Waals surface area contributed by atoms with Crippen molar-refractivity contribution in [1.29, 1.82) is 0 Å². The Hall–Kier alpha value is -1.23. The highest BCUT2D eigenvalue weighted by Gasteiger charge is 2.26. The van der Waals surface area contributed by atoms with Gasteiger partial charge in [-0.15, -0.1) is 0 Å². The van der Waals surface area contributed by atoms with Crippen LogP contribution in [0.2, 0.25) is 0 Å². The third-order valence-electron chi connectivity index (χ3n) is 4.09. The molecule has 19 heavy (non-hydrogen) atoms. The van der Waals surface area contributed by atoms with E-state index < -0.39 is 0 Å². The van der Waals surface area contributed by atoms with Crippen LogP contribution in [0.25, 0.3) is 0 Å². The molecule has 5 nitrogen and oxygen atoms in total. The van der Waals surface area contributed by atoms with E-state index in [1.54, 1.807) is 0 Å². The first-order valence-corrected chi connectivity index (χ1v) is 7.17. The SMILES string of the molecule is CC(C)c1nn(C)c(NC2CCN(C)CC2C)c1N. The molecule has 0 bridgehead atoms. The third-order valence-corrected chi connectivity index (χ3v) is 4.09. The lowest BCUT2D eigenvalue weighted by molar-refractivity contribution is 0.206. The van der Waals surface area contributed by atoms with Gasteiger partial charge in [-0.3, -0.25) is 4.68 Å². The van der Waals surface area contributed by atoms with Crippen LogP contribution in [0, 0.1) is 5.92 Å². The van der Waals surface area contributed by atoms with E-state index in [2.05, 4.69) is 43.1 Å². The summed E-state index contributed by atoms with van der Waals surface area (Å²) >= 11 is 0. The summed E-state index contributed by atoms with van der Waals surface area (Å²) in [7, 11) is 4.15. The largest absolute Gasteiger partial charge is 0.394 e. The van der Waals surface area contributed by atoms with Crippen molar-refractivity contribution in [2.75, 3.05) is 31.2 Å². The minimum absolute atomic E-state index is 0.358. The summed E-state index contributed by atoms with van der Waals surface area (Å²) in [6, 6.07) is 0.480. The third kappa shape index (κ3) is 2.86. The van der Waals surface area contributed by atoms with Crippen LogP contribution < -0.4 is 11.1 Å². The number of hydrogen-bond donors (Lipinski definition) is 2. The highest BCUT2D eigenvalue weighted by molar-refractivity contribution is 5.66. The Bertz CT molecular complexity index is 437. The van der Waals surface area contributed by atoms with E-state index in [-0.39, 0.29) is 0 Å². The molecule has 1 aromatic heterocycles. The van der Waals surface area contributed by atoms with Crippen molar-refractivity contribution >= 4 is 11.5 Å². The predicted octanol–water partition coefficient (Wildman–Crippen LogP) is 1.88. The van der Waals surface area contributed by atoms with Crippen LogP contribution in [0.4, 0.5) is 11.5 Å². The first-order chi connectivity index (χ1) is 8.90. The van der Waals surface area contributed by atoms with Gasteiger partial charge in [0.05, 0.1) is 11.4 Å². The fourth-order valence-corrected chi connectivity index (χ4v) is 2.90. The van der Waals surface area contributed by atoms with E-state index in [9.17, 15) is 0 Å². The number of aryl methyl sites for hydroxylation is 1. The molecule has 2 unspecified atom stereocenters. The highest BCUT2D eigenvalue weighted by atomic mass is 15.3. The van der Waals surface area contributed by atoms with Gasteiger partial charge in [-0.25, -0.2) is 0 Å². The van der Waals surface area contributed by atoms with Crippen LogP contribution >= 0.6 is 0 Å². The molecule has 3 N–H and O–H groups in total. The fourth-order valence-electron chi connectivity index (χ4n) is 2.90. The molecule has 0 saturated carbocycles. The standard InChI is InChI=1S/C14H27N5/c1-9(2)13-12(15)14(19(5)17-13)16-11-6-7-18(4)8-10(11)3/h9-11,16H,6-8,15H2,1-5H3. The number of hydrogen-bond acceptors (Lipinski definition) is 4. The van der Waals surface area contributed by atoms with Gasteiger partial charge < -0.3 is 16.0 Å². The summed E-state index contributed by atoms with van der Waals surface area (Å²) in [5.74, 6) is 1.96. The van der Waals surface area contributed by atoms with E-state index in [0.717, 1.165) is 36.7 Å². The first-order valence-electron chi connectivity index (χ1n) is 7.17. The molecule has 1 aromatic rings. The van der Waals surface area contributed by atoms with Gasteiger partial charge in [0.15, 0.2) is 0 Å². The van der Waals surface area contributed by atoms with Gasteiger partial charge in [0, 0.05) is 19.6 Å². The summed E-state index contributed by atoms with van der Waals surface area (Å²) in [5, 5.41) is 8.15. The Labute approximate surface area is 116 Å². The second-order valence-corrected chi connectivity index (χ2v) is 6.20. The van der Waals surface area contributed by atoms with E-state index in [0.29, 0.717) is 17.9 Å². The molecule has 1 fully saturated rings. The summed E-state index contributed by atoms with van der Waals surface area (Å²) in [6.07, 6.45) is 1.15. The quantitative estimate of drug-likeness (QED) is 0.876. The Morgan fingerprint density at radius 1 is 1.37 bits per heavy atom. The molecule has 5 heteroatoms. The molecule has 2 rings (SSSR count). The maximum absolute atomic E-state index is 6.24. The van der Waals surface area contributed by atoms with Gasteiger partial charge in [-0.1, -0.05) is 20.8 Å². The lowest BCUT2D eigenvalue weighted by Crippen LogP contribution is -2.43. The van der Waals surface area contributed by atoms with Crippen LogP contribution in [-0.2, 0) is 7.05 Å². The molecule has 0 spiro atoms. The minimum Gasteiger partial charge on any atom is -0.394 e. The Morgan fingerprint density at radius 3 is 2.58 bits per heavy atom. The Kier molecular flexibility index (Phi) is 4.04. The Morgan fingerprint density at radius 2 is 2.05 bits per heavy atom. The van der Waals surface area contributed by atoms with Gasteiger partial charge in [-0.2, -0.15) is 5.10 Å². The second-order valence-electron chi connectivity index (χ2n) is 6.20. The lowest BCUT2D eigenvalue weighted by atomic mass is 9.94. The van der Waals surface area contributed by atoms with Crippen molar-refractivity contribution in [3.63, 3.8) is 0 Å². The monoisotopic (exact) mass is 265 g/mol. The minimum atomic E-state index is 0.358. The summed E-state index contributed by atoms with van der Waals surface area (Å²) in [5.41, 5.74) is 8.04. The topological polar surface area (TPSA) is 59.1 Å². The van der Waals surface area contributed by atoms with Crippen LogP contribution in [-0.4, -0.2) is 40.9 Å². The molecule has 1 saturated heterocycles. The average Bonchev–Trinajstić information content (AvgIpc) is 2.60.